The van der Waals surface area contributed by atoms with E-state index in [1.165, 1.54) is 10.4 Å². The van der Waals surface area contributed by atoms with Crippen molar-refractivity contribution in [2.45, 2.75) is 39.8 Å². The minimum atomic E-state index is -0.499. The lowest BCUT2D eigenvalue weighted by atomic mass is 10.1. The zero-order valence-electron chi connectivity index (χ0n) is 23.3. The summed E-state index contributed by atoms with van der Waals surface area (Å²) in [5.41, 5.74) is 9.97. The Balaban J connectivity index is 1.46. The molecule has 0 radical (unpaired) electrons. The molecular weight excluding hydrogens is 518 g/mol. The highest BCUT2D eigenvalue weighted by Crippen LogP contribution is 2.39. The van der Waals surface area contributed by atoms with Gasteiger partial charge in [0.05, 0.1) is 41.9 Å². The lowest BCUT2D eigenvalue weighted by Crippen LogP contribution is -2.49. The molecule has 2 saturated heterocycles. The molecular formula is C27H37N7O4S. The van der Waals surface area contributed by atoms with Gasteiger partial charge in [0.15, 0.2) is 0 Å². The Hall–Kier alpha value is -3.22. The second-order valence-corrected chi connectivity index (χ2v) is 12.1. The van der Waals surface area contributed by atoms with Crippen molar-refractivity contribution >= 4 is 39.3 Å². The molecule has 12 heteroatoms. The fourth-order valence-corrected chi connectivity index (χ4v) is 5.93. The molecule has 0 bridgehead atoms. The van der Waals surface area contributed by atoms with Gasteiger partial charge in [0.1, 0.15) is 5.60 Å². The van der Waals surface area contributed by atoms with Crippen molar-refractivity contribution in [2.75, 3.05) is 70.2 Å². The van der Waals surface area contributed by atoms with Crippen molar-refractivity contribution in [3.8, 4) is 17.1 Å². The molecule has 2 aliphatic heterocycles. The molecule has 210 valence electrons. The van der Waals surface area contributed by atoms with Crippen LogP contribution in [0.3, 0.4) is 0 Å². The topological polar surface area (TPSA) is 119 Å². The number of pyridine rings is 1. The van der Waals surface area contributed by atoms with Gasteiger partial charge in [0.2, 0.25) is 11.8 Å². The van der Waals surface area contributed by atoms with Gasteiger partial charge in [-0.05, 0) is 33.8 Å². The predicted molar refractivity (Wildman–Crippen MR) is 152 cm³/mol. The number of methoxy groups -OCH3 is 1. The fraction of sp³-hybridized carbons (Fsp3) is 0.556. The summed E-state index contributed by atoms with van der Waals surface area (Å²) in [7, 11) is 1.56. The Morgan fingerprint density at radius 2 is 1.85 bits per heavy atom. The molecule has 0 saturated carbocycles. The molecule has 11 nitrogen and oxygen atoms in total. The third-order valence-corrected chi connectivity index (χ3v) is 8.01. The van der Waals surface area contributed by atoms with Gasteiger partial charge in [-0.15, -0.1) is 11.3 Å². The molecule has 5 heterocycles. The van der Waals surface area contributed by atoms with Gasteiger partial charge in [0, 0.05) is 68.0 Å². The average Bonchev–Trinajstić information content (AvgIpc) is 3.22. The average molecular weight is 556 g/mol. The molecule has 2 aliphatic rings. The van der Waals surface area contributed by atoms with Gasteiger partial charge in [0.25, 0.3) is 0 Å². The monoisotopic (exact) mass is 555 g/mol. The molecule has 3 aromatic heterocycles. The van der Waals surface area contributed by atoms with E-state index in [-0.39, 0.29) is 6.09 Å². The number of piperazine rings is 1. The van der Waals surface area contributed by atoms with Crippen LogP contribution in [0.5, 0.6) is 5.88 Å². The number of carbonyl (C=O) groups is 1. The van der Waals surface area contributed by atoms with E-state index in [4.69, 9.17) is 29.9 Å². The number of nitrogens with two attached hydrogens (primary N) is 1. The van der Waals surface area contributed by atoms with Gasteiger partial charge in [-0.2, -0.15) is 0 Å². The zero-order chi connectivity index (χ0) is 27.7. The van der Waals surface area contributed by atoms with Gasteiger partial charge >= 0.3 is 6.09 Å². The number of aromatic nitrogens is 3. The summed E-state index contributed by atoms with van der Waals surface area (Å²) in [6, 6.07) is 1.86. The van der Waals surface area contributed by atoms with E-state index >= 15 is 0 Å². The summed E-state index contributed by atoms with van der Waals surface area (Å²) in [4.78, 5) is 34.6. The molecule has 0 aromatic carbocycles. The third-order valence-electron chi connectivity index (χ3n) is 6.87. The Labute approximate surface area is 232 Å². The van der Waals surface area contributed by atoms with E-state index in [0.29, 0.717) is 43.8 Å². The molecule has 5 rings (SSSR count). The Bertz CT molecular complexity index is 1340. The highest BCUT2D eigenvalue weighted by molar-refractivity contribution is 7.19. The lowest BCUT2D eigenvalue weighted by Gasteiger charge is -2.35. The maximum Gasteiger partial charge on any atom is 0.410 e. The standard InChI is InChI=1S/C27H37N7O4S/c1-17-19(16-32-6-8-34(9-7-32)26(35)38-27(2,3)4)22-23(39-17)21(18-14-20(28)24(36-5)29-15-18)30-25(31-22)33-10-12-37-13-11-33/h14-15H,6-13,16,28H2,1-5H3. The molecule has 2 fully saturated rings. The van der Waals surface area contributed by atoms with Gasteiger partial charge in [-0.1, -0.05) is 0 Å². The summed E-state index contributed by atoms with van der Waals surface area (Å²) in [6.07, 6.45) is 1.50. The molecule has 0 aliphatic carbocycles. The molecule has 2 N–H and O–H groups in total. The van der Waals surface area contributed by atoms with Crippen molar-refractivity contribution in [1.82, 2.24) is 24.8 Å². The first-order valence-corrected chi connectivity index (χ1v) is 14.1. The summed E-state index contributed by atoms with van der Waals surface area (Å²) < 4.78 is 17.4. The van der Waals surface area contributed by atoms with E-state index in [9.17, 15) is 4.79 Å². The first-order chi connectivity index (χ1) is 18.6. The first kappa shape index (κ1) is 27.4. The molecule has 0 unspecified atom stereocenters. The summed E-state index contributed by atoms with van der Waals surface area (Å²) in [5, 5.41) is 0. The van der Waals surface area contributed by atoms with E-state index in [1.807, 2.05) is 26.8 Å². The summed E-state index contributed by atoms with van der Waals surface area (Å²) in [5.74, 6) is 1.08. The van der Waals surface area contributed by atoms with Crippen molar-refractivity contribution in [2.24, 2.45) is 0 Å². The predicted octanol–water partition coefficient (Wildman–Crippen LogP) is 3.54. The number of hydrogen-bond donors (Lipinski definition) is 1. The SMILES string of the molecule is COc1ncc(-c2nc(N3CCOCC3)nc3c(CN4CCN(C(=O)OC(C)(C)C)CC4)c(C)sc23)cc1N. The second kappa shape index (κ2) is 11.1. The van der Waals surface area contributed by atoms with Crippen LogP contribution in [0.2, 0.25) is 0 Å². The largest absolute Gasteiger partial charge is 0.480 e. The van der Waals surface area contributed by atoms with Crippen LogP contribution < -0.4 is 15.4 Å². The Morgan fingerprint density at radius 1 is 1.13 bits per heavy atom. The number of carbonyl (C=O) groups excluding carboxylic acids is 1. The van der Waals surface area contributed by atoms with Crippen LogP contribution >= 0.6 is 11.3 Å². The molecule has 0 atom stereocenters. The number of fused-ring (bicyclic) bond motifs is 1. The number of nitrogen functional groups attached to an aromatic ring is 1. The first-order valence-electron chi connectivity index (χ1n) is 13.3. The van der Waals surface area contributed by atoms with E-state index in [1.54, 1.807) is 29.5 Å². The maximum absolute atomic E-state index is 12.5. The van der Waals surface area contributed by atoms with Crippen molar-refractivity contribution in [1.29, 1.82) is 0 Å². The van der Waals surface area contributed by atoms with E-state index < -0.39 is 5.60 Å². The van der Waals surface area contributed by atoms with Crippen molar-refractivity contribution < 1.29 is 19.0 Å². The Morgan fingerprint density at radius 3 is 2.49 bits per heavy atom. The zero-order valence-corrected chi connectivity index (χ0v) is 24.1. The van der Waals surface area contributed by atoms with Gasteiger partial charge < -0.3 is 29.7 Å². The van der Waals surface area contributed by atoms with Crippen LogP contribution in [-0.4, -0.2) is 96.0 Å². The quantitative estimate of drug-likeness (QED) is 0.501. The smallest absolute Gasteiger partial charge is 0.410 e. The molecule has 3 aromatic rings. The normalized spacial score (nSPS) is 17.1. The van der Waals surface area contributed by atoms with Gasteiger partial charge in [-0.25, -0.2) is 19.7 Å². The molecule has 0 spiro atoms. The number of morpholine rings is 1. The number of ether oxygens (including phenoxy) is 3. The van der Waals surface area contributed by atoms with Crippen molar-refractivity contribution in [3.63, 3.8) is 0 Å². The van der Waals surface area contributed by atoms with E-state index in [0.717, 1.165) is 54.2 Å². The summed E-state index contributed by atoms with van der Waals surface area (Å²) in [6.45, 7) is 14.1. The van der Waals surface area contributed by atoms with E-state index in [2.05, 4.69) is 21.7 Å². The number of rotatable bonds is 5. The minimum absolute atomic E-state index is 0.251. The lowest BCUT2D eigenvalue weighted by molar-refractivity contribution is 0.0139. The van der Waals surface area contributed by atoms with Crippen LogP contribution in [0, 0.1) is 6.92 Å². The number of nitrogens with zero attached hydrogens (tertiary/aromatic N) is 6. The maximum atomic E-state index is 12.5. The molecule has 1 amide bonds. The number of anilines is 2. The number of aryl methyl sites for hydroxylation is 1. The summed E-state index contributed by atoms with van der Waals surface area (Å²) >= 11 is 1.69. The highest BCUT2D eigenvalue weighted by atomic mass is 32.1. The van der Waals surface area contributed by atoms with Crippen LogP contribution in [0.4, 0.5) is 16.4 Å². The third kappa shape index (κ3) is 6.02. The minimum Gasteiger partial charge on any atom is -0.480 e. The fourth-order valence-electron chi connectivity index (χ4n) is 4.82. The van der Waals surface area contributed by atoms with Crippen LogP contribution in [0.1, 0.15) is 31.2 Å². The number of amides is 1. The van der Waals surface area contributed by atoms with Gasteiger partial charge in [-0.3, -0.25) is 4.90 Å². The highest BCUT2D eigenvalue weighted by Gasteiger charge is 2.28. The van der Waals surface area contributed by atoms with Crippen LogP contribution in [0.15, 0.2) is 12.3 Å². The Kier molecular flexibility index (Phi) is 7.79. The number of hydrogen-bond acceptors (Lipinski definition) is 11. The van der Waals surface area contributed by atoms with Crippen molar-refractivity contribution in [3.05, 3.63) is 22.7 Å². The van der Waals surface area contributed by atoms with Crippen LogP contribution in [-0.2, 0) is 16.0 Å². The number of thiophene rings is 1. The molecule has 39 heavy (non-hydrogen) atoms. The second-order valence-electron chi connectivity index (χ2n) is 10.9. The van der Waals surface area contributed by atoms with Crippen LogP contribution in [0.25, 0.3) is 21.5 Å².